The molecule has 3 rings (SSSR count). The van der Waals surface area contributed by atoms with Gasteiger partial charge in [-0.15, -0.1) is 11.8 Å². The van der Waals surface area contributed by atoms with E-state index in [1.54, 1.807) is 28.8 Å². The Morgan fingerprint density at radius 2 is 2.00 bits per heavy atom. The number of nitrogens with one attached hydrogen (secondary N) is 1. The van der Waals surface area contributed by atoms with Crippen LogP contribution in [0, 0.1) is 12.8 Å². The van der Waals surface area contributed by atoms with Crippen LogP contribution < -0.4 is 5.32 Å². The summed E-state index contributed by atoms with van der Waals surface area (Å²) < 4.78 is 5.29. The Kier molecular flexibility index (Phi) is 5.71. The van der Waals surface area contributed by atoms with Crippen LogP contribution in [0.5, 0.6) is 0 Å². The first-order valence-corrected chi connectivity index (χ1v) is 9.86. The number of aryl methyl sites for hydroxylation is 1. The van der Waals surface area contributed by atoms with Crippen molar-refractivity contribution in [2.45, 2.75) is 38.6 Å². The predicted octanol–water partition coefficient (Wildman–Crippen LogP) is 4.16. The topological polar surface area (TPSA) is 62.6 Å². The fourth-order valence-electron chi connectivity index (χ4n) is 3.01. The minimum Gasteiger partial charge on any atom is -0.459 e. The van der Waals surface area contributed by atoms with Crippen molar-refractivity contribution in [1.82, 2.24) is 4.90 Å². The summed E-state index contributed by atoms with van der Waals surface area (Å²) >= 11 is 1.66. The van der Waals surface area contributed by atoms with Gasteiger partial charge in [0.15, 0.2) is 5.76 Å². The molecule has 26 heavy (non-hydrogen) atoms. The summed E-state index contributed by atoms with van der Waals surface area (Å²) in [5, 5.41) is 2.91. The van der Waals surface area contributed by atoms with Gasteiger partial charge < -0.3 is 14.6 Å². The number of anilines is 1. The Hall–Kier alpha value is -2.21. The summed E-state index contributed by atoms with van der Waals surface area (Å²) in [7, 11) is 0. The van der Waals surface area contributed by atoms with Gasteiger partial charge in [0.25, 0.3) is 5.91 Å². The molecule has 1 aromatic heterocycles. The first kappa shape index (κ1) is 18.6. The predicted molar refractivity (Wildman–Crippen MR) is 104 cm³/mol. The van der Waals surface area contributed by atoms with E-state index in [9.17, 15) is 9.59 Å². The molecule has 1 aliphatic rings. The highest BCUT2D eigenvalue weighted by Crippen LogP contribution is 2.35. The van der Waals surface area contributed by atoms with Crippen molar-refractivity contribution in [3.8, 4) is 0 Å². The average molecular weight is 372 g/mol. The molecule has 6 heteroatoms. The van der Waals surface area contributed by atoms with Gasteiger partial charge in [-0.3, -0.25) is 9.59 Å². The van der Waals surface area contributed by atoms with Gasteiger partial charge in [0.05, 0.1) is 11.6 Å². The number of amides is 2. The lowest BCUT2D eigenvalue weighted by Crippen LogP contribution is -2.48. The van der Waals surface area contributed by atoms with E-state index < -0.39 is 6.04 Å². The Morgan fingerprint density at radius 1 is 1.27 bits per heavy atom. The van der Waals surface area contributed by atoms with Crippen molar-refractivity contribution in [3.05, 3.63) is 54.0 Å². The van der Waals surface area contributed by atoms with Gasteiger partial charge in [-0.1, -0.05) is 31.5 Å². The molecule has 1 N–H and O–H groups in total. The summed E-state index contributed by atoms with van der Waals surface area (Å²) in [6.07, 6.45) is 2.32. The molecule has 1 aromatic carbocycles. The Labute approximate surface area is 158 Å². The quantitative estimate of drug-likeness (QED) is 0.856. The Balaban J connectivity index is 1.80. The average Bonchev–Trinajstić information content (AvgIpc) is 3.25. The van der Waals surface area contributed by atoms with E-state index in [4.69, 9.17) is 4.42 Å². The van der Waals surface area contributed by atoms with Gasteiger partial charge in [-0.05, 0) is 43.5 Å². The second-order valence-corrected chi connectivity index (χ2v) is 8.19. The molecular formula is C20H24N2O3S. The second-order valence-electron chi connectivity index (χ2n) is 6.98. The standard InChI is InChI=1S/C20H24N2O3S/c1-13(2)11-18-22(20(24)17-5-4-10-25-17)16(12-26-18)19(23)21-15-8-6-14(3)7-9-15/h4-10,13,16,18H,11-12H2,1-3H3,(H,21,23). The molecule has 2 amide bonds. The summed E-state index contributed by atoms with van der Waals surface area (Å²) in [6, 6.07) is 10.5. The summed E-state index contributed by atoms with van der Waals surface area (Å²) in [6.45, 7) is 6.24. The molecule has 0 bridgehead atoms. The largest absolute Gasteiger partial charge is 0.459 e. The number of hydrogen-bond acceptors (Lipinski definition) is 4. The molecule has 138 valence electrons. The van der Waals surface area contributed by atoms with Crippen LogP contribution >= 0.6 is 11.8 Å². The lowest BCUT2D eigenvalue weighted by atomic mass is 10.1. The van der Waals surface area contributed by atoms with E-state index in [1.165, 1.54) is 6.26 Å². The molecule has 0 saturated carbocycles. The van der Waals surface area contributed by atoms with E-state index in [0.29, 0.717) is 11.7 Å². The molecule has 2 atom stereocenters. The summed E-state index contributed by atoms with van der Waals surface area (Å²) in [4.78, 5) is 27.5. The monoisotopic (exact) mass is 372 g/mol. The number of carbonyl (C=O) groups is 2. The van der Waals surface area contributed by atoms with Gasteiger partial charge in [-0.2, -0.15) is 0 Å². The molecule has 0 spiro atoms. The lowest BCUT2D eigenvalue weighted by Gasteiger charge is -2.29. The van der Waals surface area contributed by atoms with Gasteiger partial charge in [0.1, 0.15) is 6.04 Å². The number of carbonyl (C=O) groups excluding carboxylic acids is 2. The molecule has 1 saturated heterocycles. The van der Waals surface area contributed by atoms with Gasteiger partial charge >= 0.3 is 0 Å². The molecule has 0 radical (unpaired) electrons. The van der Waals surface area contributed by atoms with E-state index in [2.05, 4.69) is 19.2 Å². The number of nitrogens with zero attached hydrogens (tertiary/aromatic N) is 1. The zero-order chi connectivity index (χ0) is 18.7. The van der Waals surface area contributed by atoms with Crippen molar-refractivity contribution < 1.29 is 14.0 Å². The number of thioether (sulfide) groups is 1. The zero-order valence-corrected chi connectivity index (χ0v) is 16.1. The normalized spacial score (nSPS) is 19.8. The molecule has 0 aliphatic carbocycles. The van der Waals surface area contributed by atoms with Crippen LogP contribution in [0.4, 0.5) is 5.69 Å². The minimum atomic E-state index is -0.511. The van der Waals surface area contributed by atoms with Crippen molar-refractivity contribution in [3.63, 3.8) is 0 Å². The first-order chi connectivity index (χ1) is 12.5. The highest BCUT2D eigenvalue weighted by Gasteiger charge is 2.42. The van der Waals surface area contributed by atoms with Crippen LogP contribution in [0.3, 0.4) is 0 Å². The molecule has 2 heterocycles. The van der Waals surface area contributed by atoms with E-state index in [-0.39, 0.29) is 22.9 Å². The third kappa shape index (κ3) is 4.12. The van der Waals surface area contributed by atoms with E-state index in [0.717, 1.165) is 17.7 Å². The smallest absolute Gasteiger partial charge is 0.291 e. The minimum absolute atomic E-state index is 0.0265. The fourth-order valence-corrected chi connectivity index (χ4v) is 4.65. The Morgan fingerprint density at radius 3 is 2.62 bits per heavy atom. The zero-order valence-electron chi connectivity index (χ0n) is 15.3. The highest BCUT2D eigenvalue weighted by atomic mass is 32.2. The SMILES string of the molecule is Cc1ccc(NC(=O)C2CSC(CC(C)C)N2C(=O)c2ccco2)cc1. The van der Waals surface area contributed by atoms with Crippen molar-refractivity contribution >= 4 is 29.3 Å². The van der Waals surface area contributed by atoms with Crippen LogP contribution in [0.15, 0.2) is 47.1 Å². The fraction of sp³-hybridized carbons (Fsp3) is 0.400. The van der Waals surface area contributed by atoms with Crippen LogP contribution in [-0.2, 0) is 4.79 Å². The maximum Gasteiger partial charge on any atom is 0.291 e. The molecule has 1 aliphatic heterocycles. The lowest BCUT2D eigenvalue weighted by molar-refractivity contribution is -0.119. The third-order valence-corrected chi connectivity index (χ3v) is 5.67. The number of rotatable bonds is 5. The van der Waals surface area contributed by atoms with E-state index >= 15 is 0 Å². The molecule has 2 unspecified atom stereocenters. The van der Waals surface area contributed by atoms with Crippen molar-refractivity contribution in [2.75, 3.05) is 11.1 Å². The van der Waals surface area contributed by atoms with Crippen LogP contribution in [-0.4, -0.2) is 33.9 Å². The maximum atomic E-state index is 13.0. The summed E-state index contributed by atoms with van der Waals surface area (Å²) in [5.41, 5.74) is 1.87. The molecule has 5 nitrogen and oxygen atoms in total. The third-order valence-electron chi connectivity index (χ3n) is 4.35. The molecular weight excluding hydrogens is 348 g/mol. The van der Waals surface area contributed by atoms with Crippen LogP contribution in [0.25, 0.3) is 0 Å². The second kappa shape index (κ2) is 7.99. The molecule has 2 aromatic rings. The van der Waals surface area contributed by atoms with Gasteiger partial charge in [-0.25, -0.2) is 0 Å². The van der Waals surface area contributed by atoms with Gasteiger partial charge in [0, 0.05) is 11.4 Å². The Bertz CT molecular complexity index is 756. The van der Waals surface area contributed by atoms with E-state index in [1.807, 2.05) is 31.2 Å². The number of benzene rings is 1. The molecule has 1 fully saturated rings. The highest BCUT2D eigenvalue weighted by molar-refractivity contribution is 8.00. The van der Waals surface area contributed by atoms with Crippen molar-refractivity contribution in [2.24, 2.45) is 5.92 Å². The summed E-state index contributed by atoms with van der Waals surface area (Å²) in [5.74, 6) is 0.900. The van der Waals surface area contributed by atoms with Gasteiger partial charge in [0.2, 0.25) is 5.91 Å². The number of hydrogen-bond donors (Lipinski definition) is 1. The van der Waals surface area contributed by atoms with Crippen LogP contribution in [0.2, 0.25) is 0 Å². The van der Waals surface area contributed by atoms with Crippen molar-refractivity contribution in [1.29, 1.82) is 0 Å². The maximum absolute atomic E-state index is 13.0. The first-order valence-electron chi connectivity index (χ1n) is 8.81. The number of furan rings is 1. The van der Waals surface area contributed by atoms with Crippen LogP contribution in [0.1, 0.15) is 36.4 Å².